The molecule has 0 spiro atoms. The molecule has 1 heterocycles. The van der Waals surface area contributed by atoms with Gasteiger partial charge in [-0.1, -0.05) is 32.4 Å². The molecule has 0 aliphatic carbocycles. The topological polar surface area (TPSA) is 37.4 Å². The van der Waals surface area contributed by atoms with Crippen LogP contribution in [-0.2, 0) is 16.4 Å². The van der Waals surface area contributed by atoms with Crippen molar-refractivity contribution in [2.75, 3.05) is 6.54 Å². The lowest BCUT2D eigenvalue weighted by Gasteiger charge is -2.32. The predicted molar refractivity (Wildman–Crippen MR) is 82.2 cm³/mol. The first-order valence-corrected chi connectivity index (χ1v) is 8.96. The van der Waals surface area contributed by atoms with Gasteiger partial charge in [0.05, 0.1) is 4.90 Å². The van der Waals surface area contributed by atoms with E-state index >= 15 is 0 Å². The summed E-state index contributed by atoms with van der Waals surface area (Å²) in [5.41, 5.74) is 1.20. The van der Waals surface area contributed by atoms with Gasteiger partial charge in [-0.25, -0.2) is 8.42 Å². The zero-order valence-electron chi connectivity index (χ0n) is 12.7. The molecule has 1 atom stereocenters. The first kappa shape index (κ1) is 15.5. The van der Waals surface area contributed by atoms with Crippen LogP contribution in [0, 0.1) is 5.92 Å². The lowest BCUT2D eigenvalue weighted by molar-refractivity contribution is 0.268. The minimum atomic E-state index is -3.32. The molecule has 0 bridgehead atoms. The molecule has 20 heavy (non-hydrogen) atoms. The van der Waals surface area contributed by atoms with Gasteiger partial charge in [-0.15, -0.1) is 0 Å². The lowest BCUT2D eigenvalue weighted by atomic mass is 10.0. The maximum atomic E-state index is 12.7. The summed E-state index contributed by atoms with van der Waals surface area (Å²) in [7, 11) is -3.32. The van der Waals surface area contributed by atoms with Gasteiger partial charge in [-0.05, 0) is 49.8 Å². The molecule has 0 unspecified atom stereocenters. The van der Waals surface area contributed by atoms with Crippen molar-refractivity contribution in [2.24, 2.45) is 5.92 Å². The van der Waals surface area contributed by atoms with E-state index in [1.54, 1.807) is 16.4 Å². The molecule has 4 heteroatoms. The van der Waals surface area contributed by atoms with Gasteiger partial charge in [0.1, 0.15) is 0 Å². The molecule has 1 saturated heterocycles. The number of nitrogens with zero attached hydrogens (tertiary/aromatic N) is 1. The van der Waals surface area contributed by atoms with Crippen LogP contribution in [0.5, 0.6) is 0 Å². The van der Waals surface area contributed by atoms with Crippen molar-refractivity contribution in [3.05, 3.63) is 29.8 Å². The van der Waals surface area contributed by atoms with E-state index in [0.717, 1.165) is 25.7 Å². The second-order valence-electron chi connectivity index (χ2n) is 6.20. The van der Waals surface area contributed by atoms with E-state index in [4.69, 9.17) is 0 Å². The standard InChI is InChI=1S/C16H25NO2S/c1-13(2)12-15-7-9-16(10-8-15)20(18,19)17-11-5-4-6-14(17)3/h7-10,13-14H,4-6,11-12H2,1-3H3/t14-/m0/s1. The minimum absolute atomic E-state index is 0.115. The smallest absolute Gasteiger partial charge is 0.207 e. The molecule has 2 rings (SSSR count). The van der Waals surface area contributed by atoms with Crippen LogP contribution in [0.3, 0.4) is 0 Å². The Morgan fingerprint density at radius 3 is 2.40 bits per heavy atom. The Morgan fingerprint density at radius 1 is 1.20 bits per heavy atom. The van der Waals surface area contributed by atoms with E-state index < -0.39 is 10.0 Å². The molecule has 1 aromatic rings. The van der Waals surface area contributed by atoms with Gasteiger partial charge in [0.2, 0.25) is 10.0 Å². The molecule has 1 fully saturated rings. The average molecular weight is 295 g/mol. The van der Waals surface area contributed by atoms with Crippen LogP contribution in [0.2, 0.25) is 0 Å². The Balaban J connectivity index is 2.21. The Hall–Kier alpha value is -0.870. The molecule has 0 aromatic heterocycles. The van der Waals surface area contributed by atoms with E-state index in [1.807, 2.05) is 19.1 Å². The number of rotatable bonds is 4. The number of benzene rings is 1. The fourth-order valence-electron chi connectivity index (χ4n) is 2.83. The highest BCUT2D eigenvalue weighted by atomic mass is 32.2. The van der Waals surface area contributed by atoms with Crippen LogP contribution >= 0.6 is 0 Å². The SMILES string of the molecule is CC(C)Cc1ccc(S(=O)(=O)N2CCCC[C@@H]2C)cc1. The van der Waals surface area contributed by atoms with Crippen LogP contribution < -0.4 is 0 Å². The van der Waals surface area contributed by atoms with Gasteiger partial charge in [-0.2, -0.15) is 4.31 Å². The van der Waals surface area contributed by atoms with Crippen molar-refractivity contribution in [1.82, 2.24) is 4.31 Å². The lowest BCUT2D eigenvalue weighted by Crippen LogP contribution is -2.41. The molecule has 0 N–H and O–H groups in total. The van der Waals surface area contributed by atoms with E-state index in [9.17, 15) is 8.42 Å². The van der Waals surface area contributed by atoms with E-state index in [1.165, 1.54) is 5.56 Å². The third-order valence-corrected chi connectivity index (χ3v) is 5.94. The average Bonchev–Trinajstić information content (AvgIpc) is 2.39. The summed E-state index contributed by atoms with van der Waals surface area (Å²) in [4.78, 5) is 0.429. The number of piperidine rings is 1. The zero-order valence-corrected chi connectivity index (χ0v) is 13.5. The highest BCUT2D eigenvalue weighted by Crippen LogP contribution is 2.25. The van der Waals surface area contributed by atoms with Crippen LogP contribution in [0.15, 0.2) is 29.2 Å². The van der Waals surface area contributed by atoms with Crippen molar-refractivity contribution in [3.63, 3.8) is 0 Å². The van der Waals surface area contributed by atoms with Gasteiger partial charge < -0.3 is 0 Å². The van der Waals surface area contributed by atoms with Gasteiger partial charge in [-0.3, -0.25) is 0 Å². The van der Waals surface area contributed by atoms with Crippen LogP contribution in [-0.4, -0.2) is 25.3 Å². The molecule has 112 valence electrons. The van der Waals surface area contributed by atoms with Crippen molar-refractivity contribution in [1.29, 1.82) is 0 Å². The first-order valence-electron chi connectivity index (χ1n) is 7.52. The Labute approximate surface area is 123 Å². The monoisotopic (exact) mass is 295 g/mol. The van der Waals surface area contributed by atoms with E-state index in [-0.39, 0.29) is 6.04 Å². The molecule has 1 aliphatic rings. The van der Waals surface area contributed by atoms with Crippen molar-refractivity contribution < 1.29 is 8.42 Å². The van der Waals surface area contributed by atoms with Crippen LogP contribution in [0.1, 0.15) is 45.6 Å². The van der Waals surface area contributed by atoms with Gasteiger partial charge in [0.15, 0.2) is 0 Å². The third kappa shape index (κ3) is 3.41. The Bertz CT molecular complexity index is 534. The molecule has 1 aliphatic heterocycles. The maximum absolute atomic E-state index is 12.7. The minimum Gasteiger partial charge on any atom is -0.207 e. The van der Waals surface area contributed by atoms with Gasteiger partial charge in [0, 0.05) is 12.6 Å². The van der Waals surface area contributed by atoms with Gasteiger partial charge in [0.25, 0.3) is 0 Å². The molecule has 0 amide bonds. The highest BCUT2D eigenvalue weighted by Gasteiger charge is 2.30. The van der Waals surface area contributed by atoms with Crippen LogP contribution in [0.25, 0.3) is 0 Å². The second-order valence-corrected chi connectivity index (χ2v) is 8.09. The summed E-state index contributed by atoms with van der Waals surface area (Å²) in [5.74, 6) is 0.583. The van der Waals surface area contributed by atoms with Crippen LogP contribution in [0.4, 0.5) is 0 Å². The van der Waals surface area contributed by atoms with E-state index in [0.29, 0.717) is 17.4 Å². The fraction of sp³-hybridized carbons (Fsp3) is 0.625. The number of hydrogen-bond acceptors (Lipinski definition) is 2. The van der Waals surface area contributed by atoms with Gasteiger partial charge >= 0.3 is 0 Å². The maximum Gasteiger partial charge on any atom is 0.243 e. The summed E-state index contributed by atoms with van der Waals surface area (Å²) in [6, 6.07) is 7.52. The normalized spacial score (nSPS) is 21.3. The number of sulfonamides is 1. The van der Waals surface area contributed by atoms with E-state index in [2.05, 4.69) is 13.8 Å². The first-order chi connectivity index (χ1) is 9.41. The quantitative estimate of drug-likeness (QED) is 0.853. The van der Waals surface area contributed by atoms with Crippen molar-refractivity contribution >= 4 is 10.0 Å². The fourth-order valence-corrected chi connectivity index (χ4v) is 4.53. The summed E-state index contributed by atoms with van der Waals surface area (Å²) in [6.45, 7) is 6.99. The summed E-state index contributed by atoms with van der Waals surface area (Å²) in [5, 5.41) is 0. The molecule has 3 nitrogen and oxygen atoms in total. The Kier molecular flexibility index (Phi) is 4.86. The zero-order chi connectivity index (χ0) is 14.8. The van der Waals surface area contributed by atoms with Crippen molar-refractivity contribution in [2.45, 2.75) is 57.4 Å². The Morgan fingerprint density at radius 2 is 1.85 bits per heavy atom. The molecule has 1 aromatic carbocycles. The second kappa shape index (κ2) is 6.27. The summed E-state index contributed by atoms with van der Waals surface area (Å²) < 4.78 is 27.0. The molecule has 0 radical (unpaired) electrons. The summed E-state index contributed by atoms with van der Waals surface area (Å²) in [6.07, 6.45) is 4.04. The molecular weight excluding hydrogens is 270 g/mol. The predicted octanol–water partition coefficient (Wildman–Crippen LogP) is 3.45. The highest BCUT2D eigenvalue weighted by molar-refractivity contribution is 7.89. The summed E-state index contributed by atoms with van der Waals surface area (Å²) >= 11 is 0. The molecule has 0 saturated carbocycles. The third-order valence-electron chi connectivity index (χ3n) is 3.92. The van der Waals surface area contributed by atoms with Crippen molar-refractivity contribution in [3.8, 4) is 0 Å². The number of hydrogen-bond donors (Lipinski definition) is 0. The largest absolute Gasteiger partial charge is 0.243 e. The molecular formula is C16H25NO2S.